The summed E-state index contributed by atoms with van der Waals surface area (Å²) in [5.74, 6) is 1.79. The average molecular weight is 568 g/mol. The van der Waals surface area contributed by atoms with Crippen LogP contribution in [-0.2, 0) is 0 Å². The number of hydrogen-bond donors (Lipinski definition) is 2. The quantitative estimate of drug-likeness (QED) is 0.203. The van der Waals surface area contributed by atoms with Crippen LogP contribution in [0.25, 0.3) is 65.5 Å². The molecule has 2 aromatic heterocycles. The summed E-state index contributed by atoms with van der Waals surface area (Å²) < 4.78 is 0. The molecule has 1 atom stereocenters. The lowest BCUT2D eigenvalue weighted by molar-refractivity contribution is 0.560. The summed E-state index contributed by atoms with van der Waals surface area (Å²) in [5.41, 5.74) is 8.53. The number of aromatic nitrogens is 4. The van der Waals surface area contributed by atoms with Crippen molar-refractivity contribution in [2.45, 2.75) is 67.3 Å². The zero-order valence-corrected chi connectivity index (χ0v) is 26.5. The van der Waals surface area contributed by atoms with Crippen LogP contribution in [-0.4, -0.2) is 26.0 Å². The Hall–Kier alpha value is -4.51. The van der Waals surface area contributed by atoms with Crippen molar-refractivity contribution >= 4 is 60.1 Å². The largest absolute Gasteiger partial charge is 0.382 e. The van der Waals surface area contributed by atoms with Crippen LogP contribution >= 0.6 is 0 Å². The van der Waals surface area contributed by atoms with Gasteiger partial charge in [-0.2, -0.15) is 0 Å². The number of hydrogen-bond acceptors (Lipinski definition) is 4. The Labute approximate surface area is 253 Å². The molecule has 2 heterocycles. The number of aryl methyl sites for hydroxylation is 1. The Kier molecular flexibility index (Phi) is 7.51. The molecule has 0 fully saturated rings. The van der Waals surface area contributed by atoms with Crippen molar-refractivity contribution in [1.29, 1.82) is 0 Å². The topological polar surface area (TPSA) is 66.5 Å². The Bertz CT molecular complexity index is 2120. The first-order valence-corrected chi connectivity index (χ1v) is 15.6. The van der Waals surface area contributed by atoms with Gasteiger partial charge in [0.25, 0.3) is 0 Å². The normalized spacial score (nSPS) is 12.5. The third-order valence-electron chi connectivity index (χ3n) is 8.72. The number of nitrogens with one attached hydrogen (secondary N) is 2. The monoisotopic (exact) mass is 567 g/mol. The molecule has 0 aliphatic rings. The average Bonchev–Trinajstić information content (AvgIpc) is 3.50. The van der Waals surface area contributed by atoms with Crippen molar-refractivity contribution in [3.8, 4) is 11.1 Å². The van der Waals surface area contributed by atoms with Crippen molar-refractivity contribution in [2.24, 2.45) is 5.92 Å². The van der Waals surface area contributed by atoms with E-state index in [1.54, 1.807) is 12.4 Å². The zero-order valence-electron chi connectivity index (χ0n) is 26.5. The van der Waals surface area contributed by atoms with E-state index in [9.17, 15) is 0 Å². The maximum Gasteiger partial charge on any atom is 0.115 e. The molecular weight excluding hydrogens is 526 g/mol. The first kappa shape index (κ1) is 28.6. The van der Waals surface area contributed by atoms with Gasteiger partial charge >= 0.3 is 0 Å². The van der Waals surface area contributed by atoms with E-state index in [1.807, 2.05) is 13.8 Å². The van der Waals surface area contributed by atoms with E-state index in [4.69, 9.17) is 15.0 Å². The van der Waals surface area contributed by atoms with Crippen LogP contribution in [0.3, 0.4) is 0 Å². The van der Waals surface area contributed by atoms with Crippen LogP contribution in [0.2, 0.25) is 0 Å². The SMILES string of the molecule is CC.Cc1c(NC(C)C(C)C)c2ccc(-c3ccc4c(c3)c3nccnc3c3[nH]c(C(C)C)nc43)cc2c2ccccc12. The van der Waals surface area contributed by atoms with Crippen LogP contribution in [0, 0.1) is 12.8 Å². The molecule has 5 nitrogen and oxygen atoms in total. The summed E-state index contributed by atoms with van der Waals surface area (Å²) >= 11 is 0. The lowest BCUT2D eigenvalue weighted by Crippen LogP contribution is -2.22. The molecule has 5 aromatic carbocycles. The van der Waals surface area contributed by atoms with E-state index in [0.29, 0.717) is 17.9 Å². The Morgan fingerprint density at radius 3 is 1.95 bits per heavy atom. The van der Waals surface area contributed by atoms with Crippen LogP contribution in [0.15, 0.2) is 73.1 Å². The molecule has 5 heteroatoms. The van der Waals surface area contributed by atoms with Gasteiger partial charge in [0.2, 0.25) is 0 Å². The maximum absolute atomic E-state index is 4.99. The van der Waals surface area contributed by atoms with Gasteiger partial charge in [0.15, 0.2) is 0 Å². The lowest BCUT2D eigenvalue weighted by Gasteiger charge is -2.23. The molecule has 7 aromatic rings. The van der Waals surface area contributed by atoms with Gasteiger partial charge in [-0.3, -0.25) is 9.97 Å². The molecule has 0 spiro atoms. The second-order valence-corrected chi connectivity index (χ2v) is 12.0. The molecule has 1 unspecified atom stereocenters. The fourth-order valence-electron chi connectivity index (χ4n) is 6.00. The predicted molar refractivity (Wildman–Crippen MR) is 185 cm³/mol. The number of H-pyrrole nitrogens is 1. The lowest BCUT2D eigenvalue weighted by atomic mass is 9.91. The number of aromatic amines is 1. The van der Waals surface area contributed by atoms with E-state index in [1.165, 1.54) is 38.4 Å². The second kappa shape index (κ2) is 11.3. The van der Waals surface area contributed by atoms with Crippen LogP contribution in [0.1, 0.15) is 65.8 Å². The standard InChI is InChI=1S/C36H35N5.C2H6/c1-19(2)22(6)39-31-21(5)25-9-7-8-10-26(25)29-17-23(11-13-27(29)31)24-12-14-28-30(18-24)32-34(38-16-15-37-32)35-33(28)40-36(41-35)20(3)4;1-2/h7-20,22,39H,1-6H3,(H,40,41);1-2H3. The third-order valence-corrected chi connectivity index (χ3v) is 8.72. The number of imidazole rings is 1. The zero-order chi connectivity index (χ0) is 30.4. The van der Waals surface area contributed by atoms with Gasteiger partial charge in [0.1, 0.15) is 11.3 Å². The first-order chi connectivity index (χ1) is 20.8. The molecule has 2 N–H and O–H groups in total. The minimum atomic E-state index is 0.294. The van der Waals surface area contributed by atoms with Gasteiger partial charge < -0.3 is 10.3 Å². The van der Waals surface area contributed by atoms with Crippen molar-refractivity contribution < 1.29 is 0 Å². The highest BCUT2D eigenvalue weighted by Gasteiger charge is 2.18. The summed E-state index contributed by atoms with van der Waals surface area (Å²) in [5, 5.41) is 11.1. The van der Waals surface area contributed by atoms with Crippen molar-refractivity contribution in [3.63, 3.8) is 0 Å². The van der Waals surface area contributed by atoms with Gasteiger partial charge in [-0.05, 0) is 64.7 Å². The smallest absolute Gasteiger partial charge is 0.115 e. The molecular formula is C38H41N5. The Morgan fingerprint density at radius 1 is 0.651 bits per heavy atom. The minimum absolute atomic E-state index is 0.294. The molecule has 0 bridgehead atoms. The summed E-state index contributed by atoms with van der Waals surface area (Å²) in [6.07, 6.45) is 3.53. The molecule has 43 heavy (non-hydrogen) atoms. The van der Waals surface area contributed by atoms with E-state index in [0.717, 1.165) is 44.2 Å². The summed E-state index contributed by atoms with van der Waals surface area (Å²) in [4.78, 5) is 18.0. The summed E-state index contributed by atoms with van der Waals surface area (Å²) in [6.45, 7) is 17.3. The summed E-state index contributed by atoms with van der Waals surface area (Å²) in [7, 11) is 0. The van der Waals surface area contributed by atoms with Gasteiger partial charge in [0.05, 0.1) is 16.6 Å². The molecule has 0 aliphatic heterocycles. The minimum Gasteiger partial charge on any atom is -0.382 e. The molecule has 0 saturated carbocycles. The van der Waals surface area contributed by atoms with E-state index < -0.39 is 0 Å². The Morgan fingerprint density at radius 2 is 1.28 bits per heavy atom. The number of fused-ring (bicyclic) bond motifs is 9. The fourth-order valence-corrected chi connectivity index (χ4v) is 6.00. The van der Waals surface area contributed by atoms with Crippen molar-refractivity contribution in [3.05, 3.63) is 84.4 Å². The second-order valence-electron chi connectivity index (χ2n) is 12.0. The van der Waals surface area contributed by atoms with Crippen LogP contribution < -0.4 is 5.32 Å². The van der Waals surface area contributed by atoms with Crippen LogP contribution in [0.4, 0.5) is 5.69 Å². The highest BCUT2D eigenvalue weighted by Crippen LogP contribution is 2.40. The highest BCUT2D eigenvalue weighted by atomic mass is 14.9. The van der Waals surface area contributed by atoms with Crippen LogP contribution in [0.5, 0.6) is 0 Å². The van der Waals surface area contributed by atoms with E-state index in [2.05, 4.69) is 113 Å². The van der Waals surface area contributed by atoms with Gasteiger partial charge in [-0.15, -0.1) is 0 Å². The molecule has 0 aliphatic carbocycles. The number of rotatable bonds is 5. The van der Waals surface area contributed by atoms with E-state index >= 15 is 0 Å². The van der Waals surface area contributed by atoms with Gasteiger partial charge in [-0.1, -0.05) is 90.1 Å². The fraction of sp³-hybridized carbons (Fsp3) is 0.289. The maximum atomic E-state index is 4.99. The Balaban J connectivity index is 0.00000161. The van der Waals surface area contributed by atoms with E-state index in [-0.39, 0.29) is 0 Å². The highest BCUT2D eigenvalue weighted by molar-refractivity contribution is 6.21. The molecule has 7 rings (SSSR count). The first-order valence-electron chi connectivity index (χ1n) is 15.6. The number of benzene rings is 5. The van der Waals surface area contributed by atoms with Gasteiger partial charge in [0, 0.05) is 46.2 Å². The number of nitrogens with zero attached hydrogens (tertiary/aromatic N) is 3. The molecule has 218 valence electrons. The predicted octanol–water partition coefficient (Wildman–Crippen LogP) is 10.5. The van der Waals surface area contributed by atoms with Crippen molar-refractivity contribution in [2.75, 3.05) is 5.32 Å². The molecule has 0 saturated heterocycles. The van der Waals surface area contributed by atoms with Gasteiger partial charge in [-0.25, -0.2) is 4.98 Å². The number of anilines is 1. The molecule has 0 amide bonds. The van der Waals surface area contributed by atoms with Crippen molar-refractivity contribution in [1.82, 2.24) is 19.9 Å². The summed E-state index contributed by atoms with van der Waals surface area (Å²) in [6, 6.07) is 22.7. The molecule has 0 radical (unpaired) electrons. The third kappa shape index (κ3) is 4.77.